The molecular formula is C23H30N2O4S. The van der Waals surface area contributed by atoms with Crippen LogP contribution >= 0.6 is 0 Å². The van der Waals surface area contributed by atoms with Gasteiger partial charge in [-0.05, 0) is 43.0 Å². The maximum absolute atomic E-state index is 12.7. The molecule has 30 heavy (non-hydrogen) atoms. The Hall–Kier alpha value is -2.38. The van der Waals surface area contributed by atoms with Gasteiger partial charge in [0.15, 0.2) is 0 Å². The number of para-hydroxylation sites is 1. The van der Waals surface area contributed by atoms with E-state index < -0.39 is 10.0 Å². The molecule has 3 rings (SSSR count). The summed E-state index contributed by atoms with van der Waals surface area (Å²) in [6.45, 7) is 1.67. The van der Waals surface area contributed by atoms with Crippen LogP contribution in [0.1, 0.15) is 36.8 Å². The monoisotopic (exact) mass is 430 g/mol. The fourth-order valence-electron chi connectivity index (χ4n) is 3.70. The molecule has 1 saturated heterocycles. The maximum Gasteiger partial charge on any atom is 0.243 e. The Labute approximate surface area is 179 Å². The number of aryl methyl sites for hydroxylation is 1. The standard InChI is InChI=1S/C23H30N2O4S/c1-24(18-20-8-4-5-9-22(20)29-2)23(26)15-12-19-10-13-21(14-11-19)30(27,28)25-16-6-3-7-17-25/h4-5,8-11,13-14H,3,6-7,12,15-18H2,1-2H3. The third kappa shape index (κ3) is 5.40. The molecule has 2 aromatic rings. The van der Waals surface area contributed by atoms with Crippen LogP contribution in [0.4, 0.5) is 0 Å². The van der Waals surface area contributed by atoms with Gasteiger partial charge in [-0.3, -0.25) is 4.79 Å². The van der Waals surface area contributed by atoms with Crippen molar-refractivity contribution in [2.45, 2.75) is 43.5 Å². The van der Waals surface area contributed by atoms with E-state index >= 15 is 0 Å². The number of ether oxygens (including phenoxy) is 1. The Morgan fingerprint density at radius 2 is 1.70 bits per heavy atom. The van der Waals surface area contributed by atoms with Crippen LogP contribution in [-0.4, -0.2) is 50.8 Å². The van der Waals surface area contributed by atoms with Gasteiger partial charge in [-0.1, -0.05) is 36.8 Å². The Balaban J connectivity index is 1.56. The van der Waals surface area contributed by atoms with Gasteiger partial charge in [0.25, 0.3) is 0 Å². The minimum atomic E-state index is -3.42. The van der Waals surface area contributed by atoms with Gasteiger partial charge < -0.3 is 9.64 Å². The largest absolute Gasteiger partial charge is 0.496 e. The van der Waals surface area contributed by atoms with Gasteiger partial charge in [0.05, 0.1) is 12.0 Å². The Bertz CT molecular complexity index is 951. The van der Waals surface area contributed by atoms with Gasteiger partial charge in [0.1, 0.15) is 5.75 Å². The minimum absolute atomic E-state index is 0.0333. The summed E-state index contributed by atoms with van der Waals surface area (Å²) in [6.07, 6.45) is 3.86. The van der Waals surface area contributed by atoms with Crippen LogP contribution in [-0.2, 0) is 27.8 Å². The van der Waals surface area contributed by atoms with Crippen molar-refractivity contribution in [2.75, 3.05) is 27.2 Å². The van der Waals surface area contributed by atoms with E-state index in [1.807, 2.05) is 36.4 Å². The summed E-state index contributed by atoms with van der Waals surface area (Å²) >= 11 is 0. The van der Waals surface area contributed by atoms with E-state index in [2.05, 4.69) is 0 Å². The molecule has 6 nitrogen and oxygen atoms in total. The van der Waals surface area contributed by atoms with Crippen LogP contribution in [0.5, 0.6) is 5.75 Å². The highest BCUT2D eigenvalue weighted by Crippen LogP contribution is 2.22. The number of methoxy groups -OCH3 is 1. The first-order valence-electron chi connectivity index (χ1n) is 10.4. The van der Waals surface area contributed by atoms with Crippen molar-refractivity contribution in [1.82, 2.24) is 9.21 Å². The lowest BCUT2D eigenvalue weighted by molar-refractivity contribution is -0.130. The first-order valence-corrected chi connectivity index (χ1v) is 11.8. The normalized spacial score (nSPS) is 15.0. The van der Waals surface area contributed by atoms with E-state index in [-0.39, 0.29) is 5.91 Å². The second kappa shape index (κ2) is 10.1. The predicted molar refractivity (Wildman–Crippen MR) is 117 cm³/mol. The predicted octanol–water partition coefficient (Wildman–Crippen LogP) is 3.46. The third-order valence-electron chi connectivity index (χ3n) is 5.53. The van der Waals surface area contributed by atoms with Gasteiger partial charge >= 0.3 is 0 Å². The number of rotatable bonds is 8. The summed E-state index contributed by atoms with van der Waals surface area (Å²) in [7, 11) is -0.0168. The summed E-state index contributed by atoms with van der Waals surface area (Å²) in [4.78, 5) is 14.5. The van der Waals surface area contributed by atoms with E-state index in [9.17, 15) is 13.2 Å². The van der Waals surface area contributed by atoms with Crippen molar-refractivity contribution in [1.29, 1.82) is 0 Å². The number of amides is 1. The van der Waals surface area contributed by atoms with Crippen LogP contribution in [0, 0.1) is 0 Å². The zero-order chi connectivity index (χ0) is 21.6. The van der Waals surface area contributed by atoms with Crippen LogP contribution in [0.2, 0.25) is 0 Å². The summed E-state index contributed by atoms with van der Waals surface area (Å²) in [5, 5.41) is 0. The average Bonchev–Trinajstić information content (AvgIpc) is 2.78. The van der Waals surface area contributed by atoms with Crippen molar-refractivity contribution in [2.24, 2.45) is 0 Å². The van der Waals surface area contributed by atoms with E-state index in [4.69, 9.17) is 4.74 Å². The topological polar surface area (TPSA) is 66.9 Å². The molecule has 2 aromatic carbocycles. The molecule has 0 unspecified atom stereocenters. The van der Waals surface area contributed by atoms with Crippen molar-refractivity contribution < 1.29 is 17.9 Å². The Kier molecular flexibility index (Phi) is 7.50. The molecule has 0 radical (unpaired) electrons. The van der Waals surface area contributed by atoms with Crippen LogP contribution in [0.15, 0.2) is 53.4 Å². The number of hydrogen-bond acceptors (Lipinski definition) is 4. The molecule has 1 aliphatic heterocycles. The molecule has 0 bridgehead atoms. The summed E-state index contributed by atoms with van der Waals surface area (Å²) in [5.41, 5.74) is 1.91. The quantitative estimate of drug-likeness (QED) is 0.643. The zero-order valence-corrected chi connectivity index (χ0v) is 18.5. The molecule has 1 heterocycles. The van der Waals surface area contributed by atoms with Gasteiger partial charge in [-0.25, -0.2) is 8.42 Å². The number of piperidine rings is 1. The summed E-state index contributed by atoms with van der Waals surface area (Å²) < 4.78 is 32.4. The minimum Gasteiger partial charge on any atom is -0.496 e. The SMILES string of the molecule is COc1ccccc1CN(C)C(=O)CCc1ccc(S(=O)(=O)N2CCCCC2)cc1. The molecule has 162 valence electrons. The van der Waals surface area contributed by atoms with Gasteiger partial charge in [-0.2, -0.15) is 4.31 Å². The molecule has 1 amide bonds. The van der Waals surface area contributed by atoms with E-state index in [0.717, 1.165) is 36.1 Å². The lowest BCUT2D eigenvalue weighted by Gasteiger charge is -2.25. The summed E-state index contributed by atoms with van der Waals surface area (Å²) in [6, 6.07) is 14.6. The van der Waals surface area contributed by atoms with Gasteiger partial charge in [0.2, 0.25) is 15.9 Å². The lowest BCUT2D eigenvalue weighted by Crippen LogP contribution is -2.35. The molecule has 0 N–H and O–H groups in total. The van der Waals surface area contributed by atoms with E-state index in [1.165, 1.54) is 0 Å². The number of hydrogen-bond donors (Lipinski definition) is 0. The Morgan fingerprint density at radius 3 is 2.37 bits per heavy atom. The molecule has 7 heteroatoms. The number of carbonyl (C=O) groups is 1. The van der Waals surface area contributed by atoms with Crippen molar-refractivity contribution in [3.05, 3.63) is 59.7 Å². The molecule has 0 aliphatic carbocycles. The molecule has 1 aliphatic rings. The molecular weight excluding hydrogens is 400 g/mol. The second-order valence-electron chi connectivity index (χ2n) is 7.67. The van der Waals surface area contributed by atoms with Crippen molar-refractivity contribution in [3.63, 3.8) is 0 Å². The second-order valence-corrected chi connectivity index (χ2v) is 9.61. The first kappa shape index (κ1) is 22.3. The Morgan fingerprint density at radius 1 is 1.03 bits per heavy atom. The summed E-state index contributed by atoms with van der Waals surface area (Å²) in [5.74, 6) is 0.800. The molecule has 0 saturated carbocycles. The maximum atomic E-state index is 12.7. The lowest BCUT2D eigenvalue weighted by atomic mass is 10.1. The average molecular weight is 431 g/mol. The number of nitrogens with zero attached hydrogens (tertiary/aromatic N) is 2. The highest BCUT2D eigenvalue weighted by atomic mass is 32.2. The third-order valence-corrected chi connectivity index (χ3v) is 7.44. The number of carbonyl (C=O) groups excluding carboxylic acids is 1. The first-order chi connectivity index (χ1) is 14.4. The molecule has 1 fully saturated rings. The van der Waals surface area contributed by atoms with E-state index in [1.54, 1.807) is 35.5 Å². The van der Waals surface area contributed by atoms with Gasteiger partial charge in [-0.15, -0.1) is 0 Å². The van der Waals surface area contributed by atoms with Crippen LogP contribution < -0.4 is 4.74 Å². The highest BCUT2D eigenvalue weighted by Gasteiger charge is 2.25. The smallest absolute Gasteiger partial charge is 0.243 e. The molecule has 0 atom stereocenters. The van der Waals surface area contributed by atoms with Crippen molar-refractivity contribution in [3.8, 4) is 5.75 Å². The fraction of sp³-hybridized carbons (Fsp3) is 0.435. The fourth-order valence-corrected chi connectivity index (χ4v) is 5.22. The van der Waals surface area contributed by atoms with Crippen LogP contribution in [0.25, 0.3) is 0 Å². The molecule has 0 spiro atoms. The zero-order valence-electron chi connectivity index (χ0n) is 17.7. The van der Waals surface area contributed by atoms with Crippen molar-refractivity contribution >= 4 is 15.9 Å². The number of benzene rings is 2. The molecule has 0 aromatic heterocycles. The van der Waals surface area contributed by atoms with Gasteiger partial charge in [0, 0.05) is 38.7 Å². The highest BCUT2D eigenvalue weighted by molar-refractivity contribution is 7.89. The van der Waals surface area contributed by atoms with Crippen LogP contribution in [0.3, 0.4) is 0 Å². The van der Waals surface area contributed by atoms with E-state index in [0.29, 0.717) is 37.4 Å². The number of sulfonamides is 1.